The minimum atomic E-state index is -1.03. The molecule has 0 fully saturated rings. The Kier molecular flexibility index (Phi) is 6.69. The highest BCUT2D eigenvalue weighted by atomic mass is 35.5. The molecule has 0 bridgehead atoms. The van der Waals surface area contributed by atoms with Crippen molar-refractivity contribution in [2.75, 3.05) is 16.8 Å². The van der Waals surface area contributed by atoms with Crippen molar-refractivity contribution in [3.63, 3.8) is 0 Å². The Hall–Kier alpha value is -1.24. The number of thioether (sulfide) groups is 1. The lowest BCUT2D eigenvalue weighted by Gasteiger charge is -2.07. The van der Waals surface area contributed by atoms with Crippen LogP contribution in [-0.2, 0) is 9.59 Å². The summed E-state index contributed by atoms with van der Waals surface area (Å²) in [6.45, 7) is 0. The number of aliphatic carboxylic acids is 1. The van der Waals surface area contributed by atoms with Crippen LogP contribution in [0.4, 0.5) is 5.69 Å². The number of hydrogen-bond acceptors (Lipinski definition) is 4. The highest BCUT2D eigenvalue weighted by Crippen LogP contribution is 2.15. The molecule has 0 aliphatic rings. The average Bonchev–Trinajstić information content (AvgIpc) is 2.34. The van der Waals surface area contributed by atoms with Gasteiger partial charge >= 0.3 is 5.97 Å². The van der Waals surface area contributed by atoms with E-state index in [1.807, 2.05) is 0 Å². The molecule has 0 saturated carbocycles. The van der Waals surface area contributed by atoms with Crippen molar-refractivity contribution < 1.29 is 14.7 Å². The van der Waals surface area contributed by atoms with E-state index in [4.69, 9.17) is 22.4 Å². The second kappa shape index (κ2) is 8.04. The number of nitrogens with two attached hydrogens (primary N) is 1. The fourth-order valence-corrected chi connectivity index (χ4v) is 2.32. The Morgan fingerprint density at radius 3 is 2.84 bits per heavy atom. The van der Waals surface area contributed by atoms with Gasteiger partial charge in [-0.25, -0.2) is 0 Å². The Morgan fingerprint density at radius 2 is 2.21 bits per heavy atom. The normalized spacial score (nSPS) is 11.9. The third kappa shape index (κ3) is 6.47. The first-order valence-corrected chi connectivity index (χ1v) is 7.14. The van der Waals surface area contributed by atoms with Crippen LogP contribution in [0.15, 0.2) is 24.3 Å². The fourth-order valence-electron chi connectivity index (χ4n) is 1.24. The molecular weight excluding hydrogens is 288 g/mol. The maximum atomic E-state index is 11.6. The number of carbonyl (C=O) groups excluding carboxylic acids is 1. The van der Waals surface area contributed by atoms with Crippen molar-refractivity contribution in [2.24, 2.45) is 5.73 Å². The van der Waals surface area contributed by atoms with Crippen molar-refractivity contribution in [2.45, 2.75) is 12.5 Å². The zero-order valence-electron chi connectivity index (χ0n) is 10.1. The molecule has 7 heteroatoms. The molecule has 4 N–H and O–H groups in total. The molecule has 1 atom stereocenters. The number of hydrogen-bond donors (Lipinski definition) is 3. The number of carboxylic acids is 1. The third-order valence-electron chi connectivity index (χ3n) is 2.20. The summed E-state index contributed by atoms with van der Waals surface area (Å²) in [5.74, 6) is -0.359. The van der Waals surface area contributed by atoms with Crippen LogP contribution in [0.25, 0.3) is 0 Å². The van der Waals surface area contributed by atoms with E-state index in [0.717, 1.165) is 0 Å². The van der Waals surface area contributed by atoms with Gasteiger partial charge in [0.2, 0.25) is 5.91 Å². The molecule has 1 aromatic rings. The van der Waals surface area contributed by atoms with Gasteiger partial charge in [0.15, 0.2) is 0 Å². The molecule has 0 unspecified atom stereocenters. The van der Waals surface area contributed by atoms with Gasteiger partial charge in [0.1, 0.15) is 6.04 Å². The van der Waals surface area contributed by atoms with Gasteiger partial charge in [-0.2, -0.15) is 11.8 Å². The molecule has 19 heavy (non-hydrogen) atoms. The summed E-state index contributed by atoms with van der Waals surface area (Å²) < 4.78 is 0. The maximum absolute atomic E-state index is 11.6. The average molecular weight is 303 g/mol. The van der Waals surface area contributed by atoms with Crippen molar-refractivity contribution in [1.29, 1.82) is 0 Å². The van der Waals surface area contributed by atoms with E-state index in [9.17, 15) is 9.59 Å². The van der Waals surface area contributed by atoms with Crippen LogP contribution in [0, 0.1) is 0 Å². The summed E-state index contributed by atoms with van der Waals surface area (Å²) in [7, 11) is 0. The van der Waals surface area contributed by atoms with Gasteiger partial charge in [0, 0.05) is 28.6 Å². The number of nitrogens with one attached hydrogen (secondary N) is 1. The molecular formula is C12H15ClN2O3S. The van der Waals surface area contributed by atoms with Crippen LogP contribution < -0.4 is 11.1 Å². The highest BCUT2D eigenvalue weighted by molar-refractivity contribution is 7.99. The summed E-state index contributed by atoms with van der Waals surface area (Å²) in [6, 6.07) is 5.99. The predicted molar refractivity (Wildman–Crippen MR) is 77.6 cm³/mol. The van der Waals surface area contributed by atoms with E-state index in [1.54, 1.807) is 24.3 Å². The van der Waals surface area contributed by atoms with E-state index in [-0.39, 0.29) is 5.91 Å². The largest absolute Gasteiger partial charge is 0.480 e. The van der Waals surface area contributed by atoms with Crippen molar-refractivity contribution in [3.05, 3.63) is 29.3 Å². The zero-order chi connectivity index (χ0) is 14.3. The van der Waals surface area contributed by atoms with Gasteiger partial charge in [-0.05, 0) is 18.2 Å². The molecule has 0 saturated heterocycles. The van der Waals surface area contributed by atoms with E-state index in [0.29, 0.717) is 28.6 Å². The summed E-state index contributed by atoms with van der Waals surface area (Å²) in [4.78, 5) is 22.1. The number of carbonyl (C=O) groups is 2. The molecule has 0 aromatic heterocycles. The quantitative estimate of drug-likeness (QED) is 0.668. The van der Waals surface area contributed by atoms with Gasteiger partial charge in [0.25, 0.3) is 0 Å². The molecule has 1 amide bonds. The minimum absolute atomic E-state index is 0.140. The van der Waals surface area contributed by atoms with Crippen LogP contribution in [-0.4, -0.2) is 34.5 Å². The molecule has 0 aliphatic carbocycles. The zero-order valence-corrected chi connectivity index (χ0v) is 11.7. The van der Waals surface area contributed by atoms with Gasteiger partial charge in [-0.1, -0.05) is 17.7 Å². The minimum Gasteiger partial charge on any atom is -0.480 e. The monoisotopic (exact) mass is 302 g/mol. The molecule has 1 aromatic carbocycles. The lowest BCUT2D eigenvalue weighted by atomic mass is 10.3. The predicted octanol–water partition coefficient (Wildman–Crippen LogP) is 1.81. The number of anilines is 1. The van der Waals surface area contributed by atoms with Crippen molar-refractivity contribution in [1.82, 2.24) is 0 Å². The highest BCUT2D eigenvalue weighted by Gasteiger charge is 2.11. The Bertz CT molecular complexity index is 456. The molecule has 1 rings (SSSR count). The lowest BCUT2D eigenvalue weighted by Crippen LogP contribution is -2.32. The first-order valence-electron chi connectivity index (χ1n) is 5.60. The SMILES string of the molecule is N[C@@H](CSCCC(=O)Nc1cccc(Cl)c1)C(=O)O. The standard InChI is InChI=1S/C12H15ClN2O3S/c13-8-2-1-3-9(6-8)15-11(16)4-5-19-7-10(14)12(17)18/h1-3,6,10H,4-5,7,14H2,(H,15,16)(H,17,18)/t10-/m0/s1. The molecule has 104 valence electrons. The van der Waals surface area contributed by atoms with Gasteiger partial charge in [-0.15, -0.1) is 0 Å². The van der Waals surface area contributed by atoms with Crippen molar-refractivity contribution in [3.8, 4) is 0 Å². The first kappa shape index (κ1) is 15.8. The summed E-state index contributed by atoms with van der Waals surface area (Å²) in [5.41, 5.74) is 5.98. The number of benzene rings is 1. The second-order valence-corrected chi connectivity index (χ2v) is 5.41. The molecule has 0 heterocycles. The van der Waals surface area contributed by atoms with Crippen LogP contribution in [0.2, 0.25) is 5.02 Å². The Labute approximate surface area is 120 Å². The van der Waals surface area contributed by atoms with Crippen LogP contribution in [0.3, 0.4) is 0 Å². The molecule has 0 spiro atoms. The first-order chi connectivity index (χ1) is 8.99. The number of halogens is 1. The maximum Gasteiger partial charge on any atom is 0.321 e. The smallest absolute Gasteiger partial charge is 0.321 e. The van der Waals surface area contributed by atoms with E-state index in [2.05, 4.69) is 5.32 Å². The Balaban J connectivity index is 2.23. The fraction of sp³-hybridized carbons (Fsp3) is 0.333. The van der Waals surface area contributed by atoms with Gasteiger partial charge in [0.05, 0.1) is 0 Å². The van der Waals surface area contributed by atoms with Crippen LogP contribution in [0.1, 0.15) is 6.42 Å². The van der Waals surface area contributed by atoms with E-state index >= 15 is 0 Å². The van der Waals surface area contributed by atoms with E-state index in [1.165, 1.54) is 11.8 Å². The number of carboxylic acid groups (broad SMARTS) is 1. The van der Waals surface area contributed by atoms with Crippen LogP contribution in [0.5, 0.6) is 0 Å². The number of amides is 1. The summed E-state index contributed by atoms with van der Waals surface area (Å²) in [5, 5.41) is 11.8. The summed E-state index contributed by atoms with van der Waals surface area (Å²) in [6.07, 6.45) is 0.295. The second-order valence-electron chi connectivity index (χ2n) is 3.83. The molecule has 0 aliphatic heterocycles. The number of rotatable bonds is 7. The van der Waals surface area contributed by atoms with Crippen molar-refractivity contribution >= 4 is 40.9 Å². The van der Waals surface area contributed by atoms with Gasteiger partial charge < -0.3 is 16.2 Å². The van der Waals surface area contributed by atoms with E-state index < -0.39 is 12.0 Å². The summed E-state index contributed by atoms with van der Waals surface area (Å²) >= 11 is 7.13. The molecule has 0 radical (unpaired) electrons. The topological polar surface area (TPSA) is 92.4 Å². The Morgan fingerprint density at radius 1 is 1.47 bits per heavy atom. The third-order valence-corrected chi connectivity index (χ3v) is 3.52. The van der Waals surface area contributed by atoms with Gasteiger partial charge in [-0.3, -0.25) is 9.59 Å². The lowest BCUT2D eigenvalue weighted by molar-refractivity contribution is -0.137. The van der Waals surface area contributed by atoms with Crippen LogP contribution >= 0.6 is 23.4 Å². The molecule has 5 nitrogen and oxygen atoms in total.